The number of aryl methyl sites for hydroxylation is 1. The van der Waals surface area contributed by atoms with E-state index in [0.29, 0.717) is 0 Å². The Balaban J connectivity index is 1.74. The van der Waals surface area contributed by atoms with Gasteiger partial charge in [0.15, 0.2) is 0 Å². The maximum atomic E-state index is 5.83. The lowest BCUT2D eigenvalue weighted by Crippen LogP contribution is -2.37. The Morgan fingerprint density at radius 1 is 1.35 bits per heavy atom. The molecule has 2 heteroatoms. The number of ether oxygens (including phenoxy) is 1. The van der Waals surface area contributed by atoms with Crippen molar-refractivity contribution in [3.05, 3.63) is 29.8 Å². The van der Waals surface area contributed by atoms with E-state index in [1.807, 2.05) is 12.1 Å². The van der Waals surface area contributed by atoms with E-state index in [1.54, 1.807) is 0 Å². The van der Waals surface area contributed by atoms with Crippen LogP contribution < -0.4 is 4.74 Å². The molecule has 1 aliphatic heterocycles. The zero-order valence-corrected chi connectivity index (χ0v) is 11.0. The third kappa shape index (κ3) is 3.74. The molecule has 1 aromatic carbocycles. The van der Waals surface area contributed by atoms with Crippen molar-refractivity contribution in [1.29, 1.82) is 0 Å². The van der Waals surface area contributed by atoms with Crippen molar-refractivity contribution < 1.29 is 4.74 Å². The number of benzene rings is 1. The summed E-state index contributed by atoms with van der Waals surface area (Å²) in [6, 6.07) is 8.23. The van der Waals surface area contributed by atoms with E-state index in [9.17, 15) is 0 Å². The Kier molecular flexibility index (Phi) is 4.43. The number of likely N-dealkylation sites (tertiary alicyclic amines) is 1. The van der Waals surface area contributed by atoms with Gasteiger partial charge < -0.3 is 4.74 Å². The molecule has 2 nitrogen and oxygen atoms in total. The van der Waals surface area contributed by atoms with Gasteiger partial charge in [-0.1, -0.05) is 25.1 Å². The molecule has 94 valence electrons. The van der Waals surface area contributed by atoms with Crippen LogP contribution in [0.5, 0.6) is 5.75 Å². The van der Waals surface area contributed by atoms with Crippen LogP contribution in [-0.4, -0.2) is 31.1 Å². The average molecular weight is 233 g/mol. The minimum Gasteiger partial charge on any atom is -0.492 e. The summed E-state index contributed by atoms with van der Waals surface area (Å²) in [5.74, 6) is 1.87. The van der Waals surface area contributed by atoms with Gasteiger partial charge in [0, 0.05) is 13.1 Å². The van der Waals surface area contributed by atoms with Crippen LogP contribution in [0.15, 0.2) is 24.3 Å². The van der Waals surface area contributed by atoms with Crippen molar-refractivity contribution in [3.8, 4) is 5.75 Å². The fraction of sp³-hybridized carbons (Fsp3) is 0.600. The molecule has 0 saturated carbocycles. The number of nitrogens with zero attached hydrogens (tertiary/aromatic N) is 1. The van der Waals surface area contributed by atoms with Crippen molar-refractivity contribution in [1.82, 2.24) is 4.90 Å². The van der Waals surface area contributed by atoms with Crippen molar-refractivity contribution in [2.45, 2.75) is 26.7 Å². The van der Waals surface area contributed by atoms with Gasteiger partial charge in [-0.2, -0.15) is 0 Å². The fourth-order valence-corrected chi connectivity index (χ4v) is 2.49. The SMILES string of the molecule is Cc1ccccc1OCCN1CCCC(C)C1. The molecule has 0 bridgehead atoms. The molecule has 0 aromatic heterocycles. The molecule has 0 aliphatic carbocycles. The first-order chi connectivity index (χ1) is 8.25. The number of hydrogen-bond donors (Lipinski definition) is 0. The van der Waals surface area contributed by atoms with Crippen molar-refractivity contribution in [2.75, 3.05) is 26.2 Å². The lowest BCUT2D eigenvalue weighted by atomic mass is 10.0. The first-order valence-electron chi connectivity index (χ1n) is 6.66. The molecule has 0 N–H and O–H groups in total. The zero-order valence-electron chi connectivity index (χ0n) is 11.0. The highest BCUT2D eigenvalue weighted by Crippen LogP contribution is 2.17. The topological polar surface area (TPSA) is 12.5 Å². The predicted molar refractivity (Wildman–Crippen MR) is 71.5 cm³/mol. The van der Waals surface area contributed by atoms with E-state index >= 15 is 0 Å². The van der Waals surface area contributed by atoms with Gasteiger partial charge in [0.1, 0.15) is 12.4 Å². The number of piperidine rings is 1. The van der Waals surface area contributed by atoms with Crippen LogP contribution in [0.3, 0.4) is 0 Å². The molecule has 1 heterocycles. The highest BCUT2D eigenvalue weighted by Gasteiger charge is 2.15. The highest BCUT2D eigenvalue weighted by atomic mass is 16.5. The summed E-state index contributed by atoms with van der Waals surface area (Å²) in [4.78, 5) is 2.52. The summed E-state index contributed by atoms with van der Waals surface area (Å²) in [6.45, 7) is 8.77. The Hall–Kier alpha value is -1.02. The lowest BCUT2D eigenvalue weighted by molar-refractivity contribution is 0.153. The molecule has 0 radical (unpaired) electrons. The first-order valence-corrected chi connectivity index (χ1v) is 6.66. The summed E-state index contributed by atoms with van der Waals surface area (Å²) in [5, 5.41) is 0. The van der Waals surface area contributed by atoms with Crippen molar-refractivity contribution in [3.63, 3.8) is 0 Å². The molecule has 2 rings (SSSR count). The van der Waals surface area contributed by atoms with Crippen LogP contribution in [0.25, 0.3) is 0 Å². The van der Waals surface area contributed by atoms with Gasteiger partial charge >= 0.3 is 0 Å². The van der Waals surface area contributed by atoms with Crippen LogP contribution in [0.4, 0.5) is 0 Å². The van der Waals surface area contributed by atoms with Gasteiger partial charge in [-0.05, 0) is 43.9 Å². The lowest BCUT2D eigenvalue weighted by Gasteiger charge is -2.30. The van der Waals surface area contributed by atoms with Crippen LogP contribution in [0.2, 0.25) is 0 Å². The van der Waals surface area contributed by atoms with Crippen molar-refractivity contribution >= 4 is 0 Å². The molecular formula is C15H23NO. The average Bonchev–Trinajstić information content (AvgIpc) is 2.32. The Morgan fingerprint density at radius 2 is 2.18 bits per heavy atom. The number of hydrogen-bond acceptors (Lipinski definition) is 2. The number of para-hydroxylation sites is 1. The van der Waals surface area contributed by atoms with Crippen molar-refractivity contribution in [2.24, 2.45) is 5.92 Å². The van der Waals surface area contributed by atoms with E-state index in [2.05, 4.69) is 30.9 Å². The minimum absolute atomic E-state index is 0.803. The quantitative estimate of drug-likeness (QED) is 0.792. The van der Waals surface area contributed by atoms with E-state index in [1.165, 1.54) is 31.5 Å². The summed E-state index contributed by atoms with van der Waals surface area (Å²) >= 11 is 0. The van der Waals surface area contributed by atoms with E-state index in [0.717, 1.165) is 24.8 Å². The molecule has 17 heavy (non-hydrogen) atoms. The predicted octanol–water partition coefficient (Wildman–Crippen LogP) is 3.11. The molecule has 1 fully saturated rings. The molecule has 1 aliphatic rings. The van der Waals surface area contributed by atoms with Gasteiger partial charge in [-0.3, -0.25) is 4.90 Å². The Morgan fingerprint density at radius 3 is 2.94 bits per heavy atom. The summed E-state index contributed by atoms with van der Waals surface area (Å²) in [5.41, 5.74) is 1.22. The van der Waals surface area contributed by atoms with E-state index < -0.39 is 0 Å². The molecule has 1 aromatic rings. The normalized spacial score (nSPS) is 21.4. The van der Waals surface area contributed by atoms with Gasteiger partial charge in [0.25, 0.3) is 0 Å². The fourth-order valence-electron chi connectivity index (χ4n) is 2.49. The zero-order chi connectivity index (χ0) is 12.1. The monoisotopic (exact) mass is 233 g/mol. The molecule has 1 unspecified atom stereocenters. The summed E-state index contributed by atoms with van der Waals surface area (Å²) in [6.07, 6.45) is 2.72. The third-order valence-corrected chi connectivity index (χ3v) is 3.50. The van der Waals surface area contributed by atoms with Crippen LogP contribution in [0.1, 0.15) is 25.3 Å². The summed E-state index contributed by atoms with van der Waals surface area (Å²) < 4.78 is 5.83. The van der Waals surface area contributed by atoms with Gasteiger partial charge in [0.05, 0.1) is 0 Å². The maximum absolute atomic E-state index is 5.83. The van der Waals surface area contributed by atoms with E-state index in [4.69, 9.17) is 4.74 Å². The summed E-state index contributed by atoms with van der Waals surface area (Å²) in [7, 11) is 0. The van der Waals surface area contributed by atoms with Crippen LogP contribution in [-0.2, 0) is 0 Å². The van der Waals surface area contributed by atoms with Gasteiger partial charge in [-0.15, -0.1) is 0 Å². The first kappa shape index (κ1) is 12.4. The minimum atomic E-state index is 0.803. The largest absolute Gasteiger partial charge is 0.492 e. The molecular weight excluding hydrogens is 210 g/mol. The smallest absolute Gasteiger partial charge is 0.122 e. The molecule has 1 atom stereocenters. The molecule has 0 spiro atoms. The second-order valence-electron chi connectivity index (χ2n) is 5.16. The second-order valence-corrected chi connectivity index (χ2v) is 5.16. The Labute approximate surface area is 105 Å². The van der Waals surface area contributed by atoms with Gasteiger partial charge in [-0.25, -0.2) is 0 Å². The second kappa shape index (κ2) is 6.06. The standard InChI is InChI=1S/C15H23NO/c1-13-6-5-9-16(12-13)10-11-17-15-8-4-3-7-14(15)2/h3-4,7-8,13H,5-6,9-12H2,1-2H3. The highest BCUT2D eigenvalue weighted by molar-refractivity contribution is 5.31. The number of rotatable bonds is 4. The molecule has 0 amide bonds. The third-order valence-electron chi connectivity index (χ3n) is 3.50. The van der Waals surface area contributed by atoms with E-state index in [-0.39, 0.29) is 0 Å². The van der Waals surface area contributed by atoms with Crippen LogP contribution >= 0.6 is 0 Å². The van der Waals surface area contributed by atoms with Crippen LogP contribution in [0, 0.1) is 12.8 Å². The molecule has 1 saturated heterocycles. The Bertz CT molecular complexity index is 351. The maximum Gasteiger partial charge on any atom is 0.122 e. The van der Waals surface area contributed by atoms with Gasteiger partial charge in [0.2, 0.25) is 0 Å².